The summed E-state index contributed by atoms with van der Waals surface area (Å²) >= 11 is 3.50. The quantitative estimate of drug-likeness (QED) is 0.922. The summed E-state index contributed by atoms with van der Waals surface area (Å²) in [6.45, 7) is 3.03. The SMILES string of the molecule is CCNC(Cc1cccc(Br)c1)c1cnnn1C. The first kappa shape index (κ1) is 13.2. The van der Waals surface area contributed by atoms with Crippen molar-refractivity contribution in [3.05, 3.63) is 46.2 Å². The molecule has 5 heteroatoms. The molecule has 0 saturated heterocycles. The van der Waals surface area contributed by atoms with Crippen LogP contribution in [0.3, 0.4) is 0 Å². The van der Waals surface area contributed by atoms with Crippen LogP contribution < -0.4 is 5.32 Å². The molecular formula is C13H17BrN4. The molecule has 1 N–H and O–H groups in total. The molecule has 1 unspecified atom stereocenters. The van der Waals surface area contributed by atoms with Crippen LogP contribution in [0.25, 0.3) is 0 Å². The van der Waals surface area contributed by atoms with Crippen LogP contribution >= 0.6 is 15.9 Å². The average Bonchev–Trinajstić information content (AvgIpc) is 2.75. The summed E-state index contributed by atoms with van der Waals surface area (Å²) in [5, 5.41) is 11.4. The second-order valence-electron chi connectivity index (χ2n) is 4.23. The Hall–Kier alpha value is -1.20. The van der Waals surface area contributed by atoms with E-state index >= 15 is 0 Å². The van der Waals surface area contributed by atoms with Crippen LogP contribution in [0, 0.1) is 0 Å². The molecule has 2 aromatic rings. The van der Waals surface area contributed by atoms with Gasteiger partial charge in [-0.3, -0.25) is 4.68 Å². The largest absolute Gasteiger partial charge is 0.309 e. The number of likely N-dealkylation sites (N-methyl/N-ethyl adjacent to an activating group) is 1. The minimum absolute atomic E-state index is 0.240. The molecule has 4 nitrogen and oxygen atoms in total. The van der Waals surface area contributed by atoms with Gasteiger partial charge in [0.1, 0.15) is 0 Å². The summed E-state index contributed by atoms with van der Waals surface area (Å²) in [5.41, 5.74) is 2.40. The fourth-order valence-electron chi connectivity index (χ4n) is 2.04. The van der Waals surface area contributed by atoms with E-state index in [2.05, 4.69) is 56.7 Å². The molecule has 0 fully saturated rings. The van der Waals surface area contributed by atoms with Crippen LogP contribution in [-0.2, 0) is 13.5 Å². The summed E-state index contributed by atoms with van der Waals surface area (Å²) in [7, 11) is 1.92. The maximum Gasteiger partial charge on any atom is 0.0756 e. The molecule has 0 aliphatic carbocycles. The molecule has 18 heavy (non-hydrogen) atoms. The van der Waals surface area contributed by atoms with E-state index in [-0.39, 0.29) is 6.04 Å². The maximum atomic E-state index is 4.00. The third kappa shape index (κ3) is 3.17. The summed E-state index contributed by atoms with van der Waals surface area (Å²) in [6, 6.07) is 8.62. The number of rotatable bonds is 5. The number of hydrogen-bond donors (Lipinski definition) is 1. The lowest BCUT2D eigenvalue weighted by atomic mass is 10.0. The van der Waals surface area contributed by atoms with Gasteiger partial charge in [-0.15, -0.1) is 5.10 Å². The molecule has 0 amide bonds. The van der Waals surface area contributed by atoms with E-state index in [0.29, 0.717) is 0 Å². The van der Waals surface area contributed by atoms with Crippen LogP contribution in [0.15, 0.2) is 34.9 Å². The first-order chi connectivity index (χ1) is 8.70. The fourth-order valence-corrected chi connectivity index (χ4v) is 2.49. The van der Waals surface area contributed by atoms with Gasteiger partial charge in [0, 0.05) is 11.5 Å². The Morgan fingerprint density at radius 2 is 2.28 bits per heavy atom. The highest BCUT2D eigenvalue weighted by atomic mass is 79.9. The molecule has 0 aliphatic rings. The van der Waals surface area contributed by atoms with Crippen molar-refractivity contribution in [2.45, 2.75) is 19.4 Å². The number of benzene rings is 1. The molecule has 1 aromatic carbocycles. The van der Waals surface area contributed by atoms with Crippen molar-refractivity contribution < 1.29 is 0 Å². The third-order valence-corrected chi connectivity index (χ3v) is 3.38. The monoisotopic (exact) mass is 308 g/mol. The van der Waals surface area contributed by atoms with Gasteiger partial charge < -0.3 is 5.32 Å². The van der Waals surface area contributed by atoms with Crippen molar-refractivity contribution in [3.63, 3.8) is 0 Å². The molecule has 1 atom stereocenters. The zero-order chi connectivity index (χ0) is 13.0. The summed E-state index contributed by atoms with van der Waals surface area (Å²) in [5.74, 6) is 0. The lowest BCUT2D eigenvalue weighted by Gasteiger charge is -2.17. The summed E-state index contributed by atoms with van der Waals surface area (Å²) in [4.78, 5) is 0. The average molecular weight is 309 g/mol. The molecule has 0 spiro atoms. The third-order valence-electron chi connectivity index (χ3n) is 2.89. The highest BCUT2D eigenvalue weighted by molar-refractivity contribution is 9.10. The molecule has 1 aromatic heterocycles. The Labute approximate surface area is 116 Å². The molecule has 0 radical (unpaired) electrons. The summed E-state index contributed by atoms with van der Waals surface area (Å²) < 4.78 is 2.93. The molecule has 2 rings (SSSR count). The van der Waals surface area contributed by atoms with Gasteiger partial charge in [-0.05, 0) is 30.7 Å². The molecule has 0 aliphatic heterocycles. The standard InChI is InChI=1S/C13H17BrN4/c1-3-15-12(13-9-16-17-18(13)2)8-10-5-4-6-11(14)7-10/h4-7,9,12,15H,3,8H2,1-2H3. The van der Waals surface area contributed by atoms with Crippen LogP contribution in [0.4, 0.5) is 0 Å². The molecular weight excluding hydrogens is 292 g/mol. The zero-order valence-electron chi connectivity index (χ0n) is 10.6. The van der Waals surface area contributed by atoms with Crippen LogP contribution in [0.5, 0.6) is 0 Å². The first-order valence-electron chi connectivity index (χ1n) is 6.03. The van der Waals surface area contributed by atoms with Crippen molar-refractivity contribution >= 4 is 15.9 Å². The van der Waals surface area contributed by atoms with Crippen LogP contribution in [0.1, 0.15) is 24.2 Å². The molecule has 1 heterocycles. The second kappa shape index (κ2) is 6.11. The lowest BCUT2D eigenvalue weighted by molar-refractivity contribution is 0.506. The number of aromatic nitrogens is 3. The van der Waals surface area contributed by atoms with E-state index in [1.54, 1.807) is 0 Å². The van der Waals surface area contributed by atoms with Gasteiger partial charge in [-0.2, -0.15) is 0 Å². The first-order valence-corrected chi connectivity index (χ1v) is 6.82. The van der Waals surface area contributed by atoms with Gasteiger partial charge in [-0.25, -0.2) is 0 Å². The Balaban J connectivity index is 2.19. The normalized spacial score (nSPS) is 12.6. The van der Waals surface area contributed by atoms with Gasteiger partial charge in [-0.1, -0.05) is 40.2 Å². The smallest absolute Gasteiger partial charge is 0.0756 e. The Bertz CT molecular complexity index is 509. The number of halogens is 1. The minimum Gasteiger partial charge on any atom is -0.309 e. The van der Waals surface area contributed by atoms with Crippen LogP contribution in [0.2, 0.25) is 0 Å². The maximum absolute atomic E-state index is 4.00. The fraction of sp³-hybridized carbons (Fsp3) is 0.385. The van der Waals surface area contributed by atoms with Crippen molar-refractivity contribution in [1.29, 1.82) is 0 Å². The van der Waals surface area contributed by atoms with Gasteiger partial charge >= 0.3 is 0 Å². The topological polar surface area (TPSA) is 42.7 Å². The van der Waals surface area contributed by atoms with Gasteiger partial charge in [0.25, 0.3) is 0 Å². The molecule has 96 valence electrons. The van der Waals surface area contributed by atoms with Crippen LogP contribution in [-0.4, -0.2) is 21.5 Å². The highest BCUT2D eigenvalue weighted by Gasteiger charge is 2.15. The lowest BCUT2D eigenvalue weighted by Crippen LogP contribution is -2.25. The number of hydrogen-bond acceptors (Lipinski definition) is 3. The van der Waals surface area contributed by atoms with E-state index in [1.807, 2.05) is 24.0 Å². The van der Waals surface area contributed by atoms with Gasteiger partial charge in [0.2, 0.25) is 0 Å². The Morgan fingerprint density at radius 1 is 1.44 bits per heavy atom. The number of nitrogens with one attached hydrogen (secondary N) is 1. The van der Waals surface area contributed by atoms with Crippen molar-refractivity contribution in [2.24, 2.45) is 7.05 Å². The van der Waals surface area contributed by atoms with Crippen molar-refractivity contribution in [1.82, 2.24) is 20.3 Å². The van der Waals surface area contributed by atoms with E-state index in [4.69, 9.17) is 0 Å². The van der Waals surface area contributed by atoms with E-state index in [0.717, 1.165) is 23.1 Å². The summed E-state index contributed by atoms with van der Waals surface area (Å²) in [6.07, 6.45) is 2.75. The van der Waals surface area contributed by atoms with E-state index < -0.39 is 0 Å². The highest BCUT2D eigenvalue weighted by Crippen LogP contribution is 2.19. The predicted octanol–water partition coefficient (Wildman–Crippen LogP) is 2.47. The minimum atomic E-state index is 0.240. The second-order valence-corrected chi connectivity index (χ2v) is 5.14. The zero-order valence-corrected chi connectivity index (χ0v) is 12.2. The van der Waals surface area contributed by atoms with Gasteiger partial charge in [0.15, 0.2) is 0 Å². The Kier molecular flexibility index (Phi) is 4.49. The Morgan fingerprint density at radius 3 is 2.89 bits per heavy atom. The molecule has 0 saturated carbocycles. The predicted molar refractivity (Wildman–Crippen MR) is 75.3 cm³/mol. The number of nitrogens with zero attached hydrogens (tertiary/aromatic N) is 3. The molecule has 0 bridgehead atoms. The van der Waals surface area contributed by atoms with Crippen molar-refractivity contribution in [2.75, 3.05) is 6.54 Å². The van der Waals surface area contributed by atoms with E-state index in [1.165, 1.54) is 5.56 Å². The van der Waals surface area contributed by atoms with Gasteiger partial charge in [0.05, 0.1) is 17.9 Å². The number of aryl methyl sites for hydroxylation is 1. The van der Waals surface area contributed by atoms with E-state index in [9.17, 15) is 0 Å². The van der Waals surface area contributed by atoms with Crippen molar-refractivity contribution in [3.8, 4) is 0 Å².